The number of hydrogen-bond acceptors (Lipinski definition) is 5. The molecule has 37 heavy (non-hydrogen) atoms. The summed E-state index contributed by atoms with van der Waals surface area (Å²) in [5.41, 5.74) is 1.52. The zero-order valence-corrected chi connectivity index (χ0v) is 21.6. The van der Waals surface area contributed by atoms with Crippen molar-refractivity contribution in [3.05, 3.63) is 47.1 Å². The Morgan fingerprint density at radius 2 is 2.00 bits per heavy atom. The number of amides is 1. The summed E-state index contributed by atoms with van der Waals surface area (Å²) in [6.45, 7) is 6.53. The second-order valence-electron chi connectivity index (χ2n) is 10.5. The Hall–Kier alpha value is -2.68. The average molecular weight is 520 g/mol. The molecule has 1 saturated heterocycles. The highest BCUT2D eigenvalue weighted by molar-refractivity contribution is 6.07. The quantitative estimate of drug-likeness (QED) is 0.391. The summed E-state index contributed by atoms with van der Waals surface area (Å²) in [5, 5.41) is 2.80. The first-order valence-corrected chi connectivity index (χ1v) is 13.2. The number of rotatable bonds is 7. The van der Waals surface area contributed by atoms with Crippen molar-refractivity contribution in [2.45, 2.75) is 64.1 Å². The molecule has 1 fully saturated rings. The van der Waals surface area contributed by atoms with E-state index in [4.69, 9.17) is 4.74 Å². The number of nitrogens with zero attached hydrogens (tertiary/aromatic N) is 2. The number of nitrogens with one attached hydrogen (secondary N) is 1. The van der Waals surface area contributed by atoms with Gasteiger partial charge in [0.05, 0.1) is 18.0 Å². The van der Waals surface area contributed by atoms with E-state index < -0.39 is 23.7 Å². The molecule has 2 atom stereocenters. The Labute approximate surface area is 216 Å². The van der Waals surface area contributed by atoms with Crippen LogP contribution in [-0.2, 0) is 14.3 Å². The van der Waals surface area contributed by atoms with Crippen LogP contribution >= 0.6 is 0 Å². The average Bonchev–Trinajstić information content (AvgIpc) is 3.12. The SMILES string of the molecule is CC1=C(C(=O)NCCN=C2C=CCC(C(F)(F)F)C2)C2(CCN(CC(C)C3=CCCC=C3)CC2)OC1=O. The molecule has 0 radical (unpaired) electrons. The molecule has 0 aromatic rings. The summed E-state index contributed by atoms with van der Waals surface area (Å²) in [6, 6.07) is 0. The molecule has 4 aliphatic rings. The lowest BCUT2D eigenvalue weighted by Crippen LogP contribution is -2.49. The van der Waals surface area contributed by atoms with Gasteiger partial charge in [0.15, 0.2) is 0 Å². The first-order valence-electron chi connectivity index (χ1n) is 13.2. The molecule has 0 bridgehead atoms. The van der Waals surface area contributed by atoms with E-state index in [-0.39, 0.29) is 31.8 Å². The number of carbonyl (C=O) groups is 2. The van der Waals surface area contributed by atoms with E-state index in [9.17, 15) is 22.8 Å². The zero-order chi connectivity index (χ0) is 26.6. The van der Waals surface area contributed by atoms with Crippen molar-refractivity contribution >= 4 is 17.6 Å². The van der Waals surface area contributed by atoms with Crippen LogP contribution < -0.4 is 5.32 Å². The molecule has 4 rings (SSSR count). The fourth-order valence-electron chi connectivity index (χ4n) is 5.66. The summed E-state index contributed by atoms with van der Waals surface area (Å²) in [4.78, 5) is 32.2. The molecule has 0 aromatic heterocycles. The maximum absolute atomic E-state index is 13.1. The molecule has 2 heterocycles. The Kier molecular flexibility index (Phi) is 8.41. The van der Waals surface area contributed by atoms with E-state index in [0.29, 0.717) is 35.6 Å². The smallest absolute Gasteiger partial charge is 0.392 e. The molecule has 2 aliphatic carbocycles. The van der Waals surface area contributed by atoms with Crippen LogP contribution in [0.2, 0.25) is 0 Å². The van der Waals surface area contributed by atoms with Gasteiger partial charge < -0.3 is 15.0 Å². The number of allylic oxidation sites excluding steroid dienone is 5. The van der Waals surface area contributed by atoms with E-state index >= 15 is 0 Å². The predicted molar refractivity (Wildman–Crippen MR) is 136 cm³/mol. The van der Waals surface area contributed by atoms with Crippen LogP contribution in [0.3, 0.4) is 0 Å². The highest BCUT2D eigenvalue weighted by atomic mass is 19.4. The molecule has 202 valence electrons. The summed E-state index contributed by atoms with van der Waals surface area (Å²) in [7, 11) is 0. The highest BCUT2D eigenvalue weighted by Crippen LogP contribution is 2.41. The minimum atomic E-state index is -4.25. The van der Waals surface area contributed by atoms with E-state index in [1.807, 2.05) is 0 Å². The van der Waals surface area contributed by atoms with Crippen LogP contribution in [0, 0.1) is 11.8 Å². The van der Waals surface area contributed by atoms with Gasteiger partial charge in [-0.15, -0.1) is 0 Å². The molecule has 6 nitrogen and oxygen atoms in total. The van der Waals surface area contributed by atoms with E-state index in [0.717, 1.165) is 32.5 Å². The van der Waals surface area contributed by atoms with Crippen molar-refractivity contribution in [1.29, 1.82) is 0 Å². The monoisotopic (exact) mass is 519 g/mol. The highest BCUT2D eigenvalue weighted by Gasteiger charge is 2.50. The van der Waals surface area contributed by atoms with Gasteiger partial charge in [0.2, 0.25) is 0 Å². The minimum Gasteiger partial charge on any atom is -0.450 e. The Morgan fingerprint density at radius 3 is 2.68 bits per heavy atom. The standard InChI is InChI=1S/C28H36F3N3O3/c1-19(21-7-4-3-5-8-21)18-34-15-11-27(12-16-34)24(20(2)26(36)37-27)25(35)33-14-13-32-23-10-6-9-22(17-23)28(29,30)31/h4,6-8,10,19,22H,3,5,9,11-18H2,1-2H3,(H,33,35). The van der Waals surface area contributed by atoms with Crippen molar-refractivity contribution < 1.29 is 27.5 Å². The van der Waals surface area contributed by atoms with Gasteiger partial charge in [-0.1, -0.05) is 31.2 Å². The molecule has 1 spiro atoms. The van der Waals surface area contributed by atoms with Gasteiger partial charge >= 0.3 is 12.1 Å². The first-order chi connectivity index (χ1) is 17.6. The lowest BCUT2D eigenvalue weighted by atomic mass is 9.82. The number of likely N-dealkylation sites (tertiary alicyclic amines) is 1. The van der Waals surface area contributed by atoms with E-state index in [2.05, 4.69) is 40.4 Å². The van der Waals surface area contributed by atoms with Gasteiger partial charge in [-0.3, -0.25) is 9.79 Å². The van der Waals surface area contributed by atoms with Crippen molar-refractivity contribution in [1.82, 2.24) is 10.2 Å². The van der Waals surface area contributed by atoms with E-state index in [1.165, 1.54) is 11.6 Å². The number of esters is 1. The van der Waals surface area contributed by atoms with Crippen LogP contribution in [0.4, 0.5) is 13.2 Å². The molecular formula is C28H36F3N3O3. The number of alkyl halides is 3. The number of carbonyl (C=O) groups excluding carboxylic acids is 2. The summed E-state index contributed by atoms with van der Waals surface area (Å²) < 4.78 is 44.8. The third-order valence-electron chi connectivity index (χ3n) is 7.80. The molecule has 1 N–H and O–H groups in total. The predicted octanol–water partition coefficient (Wildman–Crippen LogP) is 4.69. The fourth-order valence-corrected chi connectivity index (χ4v) is 5.66. The Bertz CT molecular complexity index is 1050. The molecular weight excluding hydrogens is 483 g/mol. The lowest BCUT2D eigenvalue weighted by Gasteiger charge is -2.40. The summed E-state index contributed by atoms with van der Waals surface area (Å²) in [6.07, 6.45) is 8.67. The van der Waals surface area contributed by atoms with Crippen molar-refractivity contribution in [2.75, 3.05) is 32.7 Å². The number of hydrogen-bond donors (Lipinski definition) is 1. The van der Waals surface area contributed by atoms with Crippen LogP contribution in [0.15, 0.2) is 52.1 Å². The molecule has 2 aliphatic heterocycles. The lowest BCUT2D eigenvalue weighted by molar-refractivity contribution is -0.171. The van der Waals surface area contributed by atoms with Crippen LogP contribution in [0.5, 0.6) is 0 Å². The van der Waals surface area contributed by atoms with Gasteiger partial charge in [-0.25, -0.2) is 4.79 Å². The molecule has 0 saturated carbocycles. The van der Waals surface area contributed by atoms with Crippen LogP contribution in [-0.4, -0.2) is 67.0 Å². The minimum absolute atomic E-state index is 0.0337. The third-order valence-corrected chi connectivity index (χ3v) is 7.80. The molecule has 2 unspecified atom stereocenters. The number of aliphatic imine (C=N–C) groups is 1. The van der Waals surface area contributed by atoms with Gasteiger partial charge in [0.1, 0.15) is 5.60 Å². The second kappa shape index (κ2) is 11.4. The Morgan fingerprint density at radius 1 is 1.24 bits per heavy atom. The number of halogens is 3. The zero-order valence-electron chi connectivity index (χ0n) is 21.6. The van der Waals surface area contributed by atoms with Gasteiger partial charge in [-0.05, 0) is 43.8 Å². The summed E-state index contributed by atoms with van der Waals surface area (Å²) >= 11 is 0. The summed E-state index contributed by atoms with van der Waals surface area (Å²) in [5.74, 6) is -1.83. The van der Waals surface area contributed by atoms with Crippen molar-refractivity contribution in [2.24, 2.45) is 16.8 Å². The van der Waals surface area contributed by atoms with Crippen molar-refractivity contribution in [3.8, 4) is 0 Å². The van der Waals surface area contributed by atoms with Crippen molar-refractivity contribution in [3.63, 3.8) is 0 Å². The number of ether oxygens (including phenoxy) is 1. The second-order valence-corrected chi connectivity index (χ2v) is 10.5. The maximum Gasteiger partial charge on any atom is 0.392 e. The first kappa shape index (κ1) is 27.4. The Balaban J connectivity index is 1.31. The molecule has 0 aromatic carbocycles. The van der Waals surface area contributed by atoms with Gasteiger partial charge in [0.25, 0.3) is 5.91 Å². The number of piperidine rings is 1. The third kappa shape index (κ3) is 6.43. The van der Waals surface area contributed by atoms with Crippen LogP contribution in [0.1, 0.15) is 52.4 Å². The van der Waals surface area contributed by atoms with E-state index in [1.54, 1.807) is 13.0 Å². The van der Waals surface area contributed by atoms with Gasteiger partial charge in [0, 0.05) is 56.7 Å². The normalized spacial score (nSPS) is 26.0. The molecule has 1 amide bonds. The topological polar surface area (TPSA) is 71.0 Å². The fraction of sp³-hybridized carbons (Fsp3) is 0.607. The van der Waals surface area contributed by atoms with Crippen LogP contribution in [0.25, 0.3) is 0 Å². The maximum atomic E-state index is 13.1. The van der Waals surface area contributed by atoms with Gasteiger partial charge in [-0.2, -0.15) is 13.2 Å². The largest absolute Gasteiger partial charge is 0.450 e. The molecule has 9 heteroatoms.